The van der Waals surface area contributed by atoms with Crippen LogP contribution in [0.15, 0.2) is 0 Å². The van der Waals surface area contributed by atoms with Crippen LogP contribution in [0.3, 0.4) is 0 Å². The molecular formula is BaO5PdS. The van der Waals surface area contributed by atoms with Crippen molar-refractivity contribution in [2.24, 2.45) is 0 Å². The van der Waals surface area contributed by atoms with Crippen LogP contribution in [0.2, 0.25) is 0 Å². The maximum absolute atomic E-state index is 8.52. The molecule has 0 fully saturated rings. The Morgan fingerprint density at radius 1 is 1.12 bits per heavy atom. The molecule has 48 valence electrons. The van der Waals surface area contributed by atoms with Gasteiger partial charge in [-0.1, -0.05) is 0 Å². The molecule has 0 aliphatic heterocycles. The fraction of sp³-hybridized carbons (Fsp3) is 0. The second-order valence-electron chi connectivity index (χ2n) is 0.408. The summed E-state index contributed by atoms with van der Waals surface area (Å²) in [4.78, 5) is 0. The molecule has 0 radical (unpaired) electrons. The van der Waals surface area contributed by atoms with Gasteiger partial charge in [-0.15, -0.1) is 0 Å². The zero-order chi connectivity index (χ0) is 6.50. The third-order valence-corrected chi connectivity index (χ3v) is 0. The van der Waals surface area contributed by atoms with E-state index in [0.717, 1.165) is 0 Å². The Kier molecular flexibility index (Phi) is 18.3. The van der Waals surface area contributed by atoms with Gasteiger partial charge in [-0.25, -0.2) is 0 Å². The minimum absolute atomic E-state index is 0. The van der Waals surface area contributed by atoms with Gasteiger partial charge in [0.15, 0.2) is 0 Å². The van der Waals surface area contributed by atoms with Crippen molar-refractivity contribution in [3.8, 4) is 0 Å². The summed E-state index contributed by atoms with van der Waals surface area (Å²) in [5, 5.41) is 0. The van der Waals surface area contributed by atoms with Gasteiger partial charge in [-0.3, -0.25) is 8.42 Å². The second-order valence-corrected chi connectivity index (χ2v) is 1.22. The Bertz CT molecular complexity index is 106. The fourth-order valence-electron chi connectivity index (χ4n) is 0. The predicted molar refractivity (Wildman–Crippen MR) is 16.9 cm³/mol. The van der Waals surface area contributed by atoms with Crippen LogP contribution in [0, 0.1) is 0 Å². The van der Waals surface area contributed by atoms with Crippen LogP contribution in [0.4, 0.5) is 0 Å². The summed E-state index contributed by atoms with van der Waals surface area (Å²) >= 11 is 1.50. The third-order valence-electron chi connectivity index (χ3n) is 0. The first-order valence-electron chi connectivity index (χ1n) is 0.796. The average molecular weight is 356 g/mol. The van der Waals surface area contributed by atoms with E-state index in [0.29, 0.717) is 0 Å². The summed E-state index contributed by atoms with van der Waals surface area (Å²) in [7, 11) is -5.17. The van der Waals surface area contributed by atoms with E-state index in [-0.39, 0.29) is 48.9 Å². The Morgan fingerprint density at radius 3 is 1.12 bits per heavy atom. The summed E-state index contributed by atoms with van der Waals surface area (Å²) in [5.41, 5.74) is 0. The first-order chi connectivity index (χ1) is 3.00. The van der Waals surface area contributed by atoms with Crippen molar-refractivity contribution in [3.05, 3.63) is 0 Å². The van der Waals surface area contributed by atoms with Crippen LogP contribution in [-0.4, -0.2) is 66.4 Å². The van der Waals surface area contributed by atoms with Gasteiger partial charge in [-0.2, -0.15) is 0 Å². The van der Waals surface area contributed by atoms with Gasteiger partial charge in [0.05, 0.1) is 0 Å². The number of hydrogen-bond acceptors (Lipinski definition) is 5. The predicted octanol–water partition coefficient (Wildman–Crippen LogP) is -1.84. The molecule has 0 bridgehead atoms. The molecule has 0 rings (SSSR count). The molecule has 8 heteroatoms. The average Bonchev–Trinajstić information content (AvgIpc) is 1.36. The molecular weight excluding hydrogens is 356 g/mol. The molecule has 0 aliphatic carbocycles. The van der Waals surface area contributed by atoms with Crippen molar-refractivity contribution < 1.29 is 40.2 Å². The maximum atomic E-state index is 8.52. The zero-order valence-corrected chi connectivity index (χ0v) is 10.3. The standard InChI is InChI=1S/Ba.H2O4S.O.Pd/c;1-5(2,3)4;;/h;(H2,1,2,3,4);;/q+2;;;/p-2. The quantitative estimate of drug-likeness (QED) is 0.289. The van der Waals surface area contributed by atoms with Crippen molar-refractivity contribution in [1.29, 1.82) is 0 Å². The Balaban J connectivity index is -0.0000000750. The van der Waals surface area contributed by atoms with Gasteiger partial charge in [0.25, 0.3) is 0 Å². The van der Waals surface area contributed by atoms with Crippen molar-refractivity contribution >= 4 is 59.3 Å². The molecule has 0 saturated carbocycles. The molecule has 0 heterocycles. The monoisotopic (exact) mass is 356 g/mol. The summed E-state index contributed by atoms with van der Waals surface area (Å²) < 4.78 is 42.2. The fourth-order valence-corrected chi connectivity index (χ4v) is 0. The molecule has 0 N–H and O–H groups in total. The molecule has 0 spiro atoms. The van der Waals surface area contributed by atoms with Gasteiger partial charge in [-0.05, 0) is 0 Å². The van der Waals surface area contributed by atoms with Crippen molar-refractivity contribution in [1.82, 2.24) is 0 Å². The van der Waals surface area contributed by atoms with Crippen LogP contribution < -0.4 is 0 Å². The zero-order valence-electron chi connectivity index (χ0n) is 3.47. The first-order valence-corrected chi connectivity index (χ1v) is 2.76. The Hall–Kier alpha value is 1.90. The van der Waals surface area contributed by atoms with Gasteiger partial charge < -0.3 is 9.11 Å². The Labute approximate surface area is 97.6 Å². The van der Waals surface area contributed by atoms with Gasteiger partial charge in [0, 0.05) is 10.4 Å². The van der Waals surface area contributed by atoms with Crippen LogP contribution >= 0.6 is 0 Å². The number of hydrogen-bond donors (Lipinski definition) is 0. The molecule has 5 nitrogen and oxygen atoms in total. The molecule has 0 atom stereocenters. The number of rotatable bonds is 0. The molecule has 0 amide bonds. The molecule has 0 aromatic heterocycles. The summed E-state index contributed by atoms with van der Waals surface area (Å²) in [6.07, 6.45) is 0. The van der Waals surface area contributed by atoms with E-state index in [4.69, 9.17) is 21.0 Å². The minimum atomic E-state index is -5.17. The second kappa shape index (κ2) is 8.90. The van der Waals surface area contributed by atoms with E-state index in [1.165, 1.54) is 19.2 Å². The van der Waals surface area contributed by atoms with Gasteiger partial charge in [0.2, 0.25) is 0 Å². The van der Waals surface area contributed by atoms with E-state index in [1.54, 1.807) is 0 Å². The van der Waals surface area contributed by atoms with E-state index in [2.05, 4.69) is 0 Å². The molecule has 0 aromatic carbocycles. The van der Waals surface area contributed by atoms with E-state index < -0.39 is 10.4 Å². The summed E-state index contributed by atoms with van der Waals surface area (Å²) in [5.74, 6) is 0. The van der Waals surface area contributed by atoms with Gasteiger partial charge >= 0.3 is 71.5 Å². The normalized spacial score (nSPS) is 8.00. The van der Waals surface area contributed by atoms with Crippen molar-refractivity contribution in [2.45, 2.75) is 0 Å². The SMILES string of the molecule is O=S(=O)([O-])[O-].[Ba+2].[O]=[Pd]. The summed E-state index contributed by atoms with van der Waals surface area (Å²) in [6.45, 7) is 0. The molecule has 0 saturated heterocycles. The summed E-state index contributed by atoms with van der Waals surface area (Å²) in [6, 6.07) is 0. The molecule has 0 aromatic rings. The topological polar surface area (TPSA) is 97.3 Å². The van der Waals surface area contributed by atoms with Gasteiger partial charge in [0.1, 0.15) is 0 Å². The van der Waals surface area contributed by atoms with Crippen LogP contribution in [0.5, 0.6) is 0 Å². The molecule has 0 unspecified atom stereocenters. The first kappa shape index (κ1) is 16.5. The third kappa shape index (κ3) is 104. The van der Waals surface area contributed by atoms with E-state index in [9.17, 15) is 0 Å². The van der Waals surface area contributed by atoms with Crippen molar-refractivity contribution in [3.63, 3.8) is 0 Å². The molecule has 8 heavy (non-hydrogen) atoms. The Morgan fingerprint density at radius 2 is 1.12 bits per heavy atom. The van der Waals surface area contributed by atoms with E-state index >= 15 is 0 Å². The van der Waals surface area contributed by atoms with Crippen LogP contribution in [0.1, 0.15) is 0 Å². The van der Waals surface area contributed by atoms with Crippen molar-refractivity contribution in [2.75, 3.05) is 0 Å². The van der Waals surface area contributed by atoms with E-state index in [1.807, 2.05) is 0 Å². The van der Waals surface area contributed by atoms with Crippen LogP contribution in [0.25, 0.3) is 0 Å². The van der Waals surface area contributed by atoms with Crippen LogP contribution in [-0.2, 0) is 33.0 Å². The molecule has 0 aliphatic rings.